The molecule has 3 heterocycles. The Morgan fingerprint density at radius 3 is 2.75 bits per heavy atom. The molecule has 2 aromatic heterocycles. The summed E-state index contributed by atoms with van der Waals surface area (Å²) in [6.07, 6.45) is 2.91. The van der Waals surface area contributed by atoms with Gasteiger partial charge in [-0.1, -0.05) is 29.5 Å². The molecule has 0 saturated carbocycles. The predicted octanol–water partition coefficient (Wildman–Crippen LogP) is 3.30. The highest BCUT2D eigenvalue weighted by atomic mass is 32.1. The second kappa shape index (κ2) is 7.09. The maximum Gasteiger partial charge on any atom is 0.340 e. The minimum Gasteiger partial charge on any atom is -0.459 e. The van der Waals surface area contributed by atoms with Gasteiger partial charge in [0.1, 0.15) is 11.3 Å². The highest BCUT2D eigenvalue weighted by Gasteiger charge is 2.38. The van der Waals surface area contributed by atoms with Crippen LogP contribution in [0.5, 0.6) is 5.75 Å². The average Bonchev–Trinajstić information content (AvgIpc) is 2.67. The van der Waals surface area contributed by atoms with E-state index in [1.54, 1.807) is 32.3 Å². The molecule has 0 saturated heterocycles. The van der Waals surface area contributed by atoms with E-state index in [4.69, 9.17) is 15.2 Å². The standard InChI is InChI=1S/C21H18N2O4S/c1-11(2)26-20(24)17-15(12-6-5-9-23-10-12)16-18(27-19(17)22)13-7-3-4-8-14(13)28-21(16)25/h3-11,15H,22H2,1-2H3/t15-/m1/s1. The van der Waals surface area contributed by atoms with Crippen molar-refractivity contribution in [2.75, 3.05) is 0 Å². The molecular weight excluding hydrogens is 376 g/mol. The van der Waals surface area contributed by atoms with Crippen LogP contribution in [0.3, 0.4) is 0 Å². The number of rotatable bonds is 3. The number of fused-ring (bicyclic) bond motifs is 3. The Morgan fingerprint density at radius 1 is 1.25 bits per heavy atom. The first kappa shape index (κ1) is 18.2. The lowest BCUT2D eigenvalue weighted by molar-refractivity contribution is -0.143. The lowest BCUT2D eigenvalue weighted by Crippen LogP contribution is -2.31. The number of carbonyl (C=O) groups excluding carboxylic acids is 1. The van der Waals surface area contributed by atoms with Gasteiger partial charge in [-0.15, -0.1) is 0 Å². The van der Waals surface area contributed by atoms with Crippen LogP contribution in [0.25, 0.3) is 10.1 Å². The third kappa shape index (κ3) is 3.03. The van der Waals surface area contributed by atoms with Crippen molar-refractivity contribution in [3.8, 4) is 5.75 Å². The molecule has 1 aliphatic rings. The zero-order valence-electron chi connectivity index (χ0n) is 15.3. The second-order valence-corrected chi connectivity index (χ2v) is 7.70. The summed E-state index contributed by atoms with van der Waals surface area (Å²) in [6.45, 7) is 3.50. The molecule has 142 valence electrons. The monoisotopic (exact) mass is 394 g/mol. The van der Waals surface area contributed by atoms with E-state index < -0.39 is 11.9 Å². The zero-order valence-corrected chi connectivity index (χ0v) is 16.2. The van der Waals surface area contributed by atoms with Crippen molar-refractivity contribution in [2.24, 2.45) is 5.73 Å². The van der Waals surface area contributed by atoms with Crippen LogP contribution in [0.2, 0.25) is 0 Å². The third-order valence-corrected chi connectivity index (χ3v) is 5.42. The van der Waals surface area contributed by atoms with Crippen LogP contribution in [-0.4, -0.2) is 17.1 Å². The van der Waals surface area contributed by atoms with Gasteiger partial charge in [0.05, 0.1) is 17.6 Å². The van der Waals surface area contributed by atoms with Crippen molar-refractivity contribution >= 4 is 27.4 Å². The van der Waals surface area contributed by atoms with Crippen LogP contribution in [0.4, 0.5) is 0 Å². The van der Waals surface area contributed by atoms with Crippen molar-refractivity contribution in [2.45, 2.75) is 25.9 Å². The van der Waals surface area contributed by atoms with E-state index in [-0.39, 0.29) is 22.3 Å². The number of nitrogens with zero attached hydrogens (tertiary/aromatic N) is 1. The molecule has 0 amide bonds. The molecule has 0 spiro atoms. The number of nitrogens with two attached hydrogens (primary N) is 1. The van der Waals surface area contributed by atoms with Crippen LogP contribution in [-0.2, 0) is 9.53 Å². The summed E-state index contributed by atoms with van der Waals surface area (Å²) < 4.78 is 11.8. The Hall–Kier alpha value is -3.19. The summed E-state index contributed by atoms with van der Waals surface area (Å²) in [7, 11) is 0. The van der Waals surface area contributed by atoms with E-state index in [9.17, 15) is 9.59 Å². The van der Waals surface area contributed by atoms with Gasteiger partial charge in [0.2, 0.25) is 10.6 Å². The fourth-order valence-electron chi connectivity index (χ4n) is 3.32. The quantitative estimate of drug-likeness (QED) is 0.686. The predicted molar refractivity (Wildman–Crippen MR) is 107 cm³/mol. The molecule has 0 aliphatic carbocycles. The molecule has 3 aromatic rings. The molecule has 0 unspecified atom stereocenters. The van der Waals surface area contributed by atoms with Gasteiger partial charge in [0, 0.05) is 22.5 Å². The summed E-state index contributed by atoms with van der Waals surface area (Å²) >= 11 is 1.11. The highest BCUT2D eigenvalue weighted by molar-refractivity contribution is 7.16. The van der Waals surface area contributed by atoms with Gasteiger partial charge in [-0.25, -0.2) is 4.79 Å². The number of aromatic nitrogens is 1. The normalized spacial score (nSPS) is 16.0. The SMILES string of the molecule is CC(C)OC(=O)C1=C(N)Oc2c(c(=O)sc3ccccc23)[C@H]1c1cccnc1. The Kier molecular flexibility index (Phi) is 4.60. The molecule has 4 rings (SSSR count). The summed E-state index contributed by atoms with van der Waals surface area (Å²) in [4.78, 5) is 30.0. The number of esters is 1. The summed E-state index contributed by atoms with van der Waals surface area (Å²) in [5, 5.41) is 0.773. The maximum absolute atomic E-state index is 13.1. The van der Waals surface area contributed by atoms with E-state index in [0.717, 1.165) is 21.4 Å². The minimum atomic E-state index is -0.711. The fourth-order valence-corrected chi connectivity index (χ4v) is 4.26. The molecule has 0 fully saturated rings. The van der Waals surface area contributed by atoms with Crippen LogP contribution >= 0.6 is 11.3 Å². The van der Waals surface area contributed by atoms with Crippen molar-refractivity contribution in [3.63, 3.8) is 0 Å². The first-order valence-electron chi connectivity index (χ1n) is 8.81. The largest absolute Gasteiger partial charge is 0.459 e. The van der Waals surface area contributed by atoms with E-state index >= 15 is 0 Å². The van der Waals surface area contributed by atoms with Crippen LogP contribution in [0.1, 0.15) is 30.9 Å². The lowest BCUT2D eigenvalue weighted by Gasteiger charge is -2.28. The van der Waals surface area contributed by atoms with Gasteiger partial charge in [-0.3, -0.25) is 9.78 Å². The van der Waals surface area contributed by atoms with Crippen molar-refractivity contribution in [1.82, 2.24) is 4.98 Å². The topological polar surface area (TPSA) is 91.5 Å². The fraction of sp³-hybridized carbons (Fsp3) is 0.190. The number of pyridine rings is 1. The van der Waals surface area contributed by atoms with Crippen LogP contribution in [0, 0.1) is 0 Å². The first-order valence-corrected chi connectivity index (χ1v) is 9.63. The van der Waals surface area contributed by atoms with Gasteiger partial charge in [-0.05, 0) is 37.6 Å². The molecule has 1 aromatic carbocycles. The van der Waals surface area contributed by atoms with E-state index in [2.05, 4.69) is 4.98 Å². The smallest absolute Gasteiger partial charge is 0.340 e. The summed E-state index contributed by atoms with van der Waals surface area (Å²) in [5.41, 5.74) is 7.34. The van der Waals surface area contributed by atoms with Crippen LogP contribution in [0.15, 0.2) is 65.0 Å². The summed E-state index contributed by atoms with van der Waals surface area (Å²) in [6, 6.07) is 11.0. The zero-order chi connectivity index (χ0) is 19.8. The van der Waals surface area contributed by atoms with E-state index in [1.807, 2.05) is 30.3 Å². The average molecular weight is 394 g/mol. The van der Waals surface area contributed by atoms with Crippen molar-refractivity contribution < 1.29 is 14.3 Å². The minimum absolute atomic E-state index is 0.0623. The van der Waals surface area contributed by atoms with Gasteiger partial charge >= 0.3 is 5.97 Å². The number of hydrogen-bond donors (Lipinski definition) is 1. The molecule has 0 bridgehead atoms. The Morgan fingerprint density at radius 2 is 2.04 bits per heavy atom. The van der Waals surface area contributed by atoms with Crippen molar-refractivity contribution in [1.29, 1.82) is 0 Å². The molecule has 7 heteroatoms. The molecule has 1 aliphatic heterocycles. The first-order chi connectivity index (χ1) is 13.5. The molecule has 0 radical (unpaired) electrons. The lowest BCUT2D eigenvalue weighted by atomic mass is 9.84. The second-order valence-electron chi connectivity index (χ2n) is 6.68. The Balaban J connectivity index is 2.01. The van der Waals surface area contributed by atoms with E-state index in [0.29, 0.717) is 16.9 Å². The number of benzene rings is 1. The van der Waals surface area contributed by atoms with Gasteiger partial charge in [-0.2, -0.15) is 0 Å². The third-order valence-electron chi connectivity index (χ3n) is 4.43. The molecule has 28 heavy (non-hydrogen) atoms. The van der Waals surface area contributed by atoms with Gasteiger partial charge in [0.25, 0.3) is 0 Å². The number of carbonyl (C=O) groups is 1. The summed E-state index contributed by atoms with van der Waals surface area (Å²) in [5.74, 6) is -0.999. The molecule has 6 nitrogen and oxygen atoms in total. The van der Waals surface area contributed by atoms with E-state index in [1.165, 1.54) is 0 Å². The number of hydrogen-bond acceptors (Lipinski definition) is 7. The Bertz CT molecular complexity index is 1150. The van der Waals surface area contributed by atoms with Crippen LogP contribution < -0.4 is 15.2 Å². The highest BCUT2D eigenvalue weighted by Crippen LogP contribution is 2.44. The molecular formula is C21H18N2O4S. The Labute approximate surface area is 165 Å². The number of ether oxygens (including phenoxy) is 2. The molecule has 1 atom stereocenters. The maximum atomic E-state index is 13.1. The van der Waals surface area contributed by atoms with Gasteiger partial charge in [0.15, 0.2) is 0 Å². The van der Waals surface area contributed by atoms with Crippen molar-refractivity contribution in [3.05, 3.63) is 80.9 Å². The van der Waals surface area contributed by atoms with Gasteiger partial charge < -0.3 is 15.2 Å². The molecule has 2 N–H and O–H groups in total.